The van der Waals surface area contributed by atoms with Crippen LogP contribution in [0.5, 0.6) is 0 Å². The highest BCUT2D eigenvalue weighted by Gasteiger charge is 2.22. The molecule has 1 aliphatic rings. The predicted octanol–water partition coefficient (Wildman–Crippen LogP) is 3.18. The molecule has 2 nitrogen and oxygen atoms in total. The lowest BCUT2D eigenvalue weighted by atomic mass is 10.0. The number of hydrogen-bond acceptors (Lipinski definition) is 2. The van der Waals surface area contributed by atoms with E-state index in [1.807, 2.05) is 0 Å². The van der Waals surface area contributed by atoms with Crippen molar-refractivity contribution in [3.63, 3.8) is 0 Å². The van der Waals surface area contributed by atoms with E-state index in [-0.39, 0.29) is 0 Å². The third-order valence-electron chi connectivity index (χ3n) is 3.35. The van der Waals surface area contributed by atoms with Gasteiger partial charge in [0.15, 0.2) is 0 Å². The van der Waals surface area contributed by atoms with Gasteiger partial charge in [0, 0.05) is 25.1 Å². The van der Waals surface area contributed by atoms with Crippen molar-refractivity contribution in [2.45, 2.75) is 33.9 Å². The first-order valence-electron chi connectivity index (χ1n) is 5.77. The Morgan fingerprint density at radius 3 is 2.00 bits per heavy atom. The molecule has 1 aliphatic heterocycles. The van der Waals surface area contributed by atoms with Crippen LogP contribution in [0.25, 0.3) is 0 Å². The first-order valence-corrected chi connectivity index (χ1v) is 5.77. The SMILES string of the molecule is Cc1cc(C)c(N2C=CN(C)C2C)c(C)c1. The van der Waals surface area contributed by atoms with Gasteiger partial charge in [0.1, 0.15) is 6.17 Å². The first kappa shape index (κ1) is 11.1. The monoisotopic (exact) mass is 216 g/mol. The molecule has 86 valence electrons. The minimum atomic E-state index is 0.403. The fraction of sp³-hybridized carbons (Fsp3) is 0.429. The molecule has 1 heterocycles. The average Bonchev–Trinajstić information content (AvgIpc) is 2.48. The van der Waals surface area contributed by atoms with E-state index < -0.39 is 0 Å². The van der Waals surface area contributed by atoms with Gasteiger partial charge in [-0.3, -0.25) is 0 Å². The lowest BCUT2D eigenvalue weighted by molar-refractivity contribution is 0.382. The van der Waals surface area contributed by atoms with Crippen LogP contribution in [0.1, 0.15) is 23.6 Å². The summed E-state index contributed by atoms with van der Waals surface area (Å²) in [6.45, 7) is 8.75. The van der Waals surface area contributed by atoms with Gasteiger partial charge in [-0.2, -0.15) is 0 Å². The molecule has 1 unspecified atom stereocenters. The maximum absolute atomic E-state index is 2.34. The van der Waals surface area contributed by atoms with Gasteiger partial charge in [0.05, 0.1) is 0 Å². The van der Waals surface area contributed by atoms with Gasteiger partial charge >= 0.3 is 0 Å². The molecule has 2 heteroatoms. The summed E-state index contributed by atoms with van der Waals surface area (Å²) in [5.41, 5.74) is 5.38. The molecule has 2 rings (SSSR count). The van der Waals surface area contributed by atoms with Crippen molar-refractivity contribution in [1.82, 2.24) is 4.90 Å². The quantitative estimate of drug-likeness (QED) is 0.711. The molecular formula is C14H20N2. The number of rotatable bonds is 1. The second-order valence-corrected chi connectivity index (χ2v) is 4.75. The van der Waals surface area contributed by atoms with Crippen LogP contribution in [-0.2, 0) is 0 Å². The van der Waals surface area contributed by atoms with Crippen LogP contribution < -0.4 is 4.90 Å². The second-order valence-electron chi connectivity index (χ2n) is 4.75. The zero-order valence-corrected chi connectivity index (χ0v) is 10.8. The molecule has 0 bridgehead atoms. The maximum Gasteiger partial charge on any atom is 0.102 e. The summed E-state index contributed by atoms with van der Waals surface area (Å²) < 4.78 is 0. The minimum absolute atomic E-state index is 0.403. The largest absolute Gasteiger partial charge is 0.359 e. The molecule has 0 spiro atoms. The van der Waals surface area contributed by atoms with Gasteiger partial charge in [0.25, 0.3) is 0 Å². The maximum atomic E-state index is 2.34. The minimum Gasteiger partial charge on any atom is -0.359 e. The van der Waals surface area contributed by atoms with E-state index in [0.717, 1.165) is 0 Å². The van der Waals surface area contributed by atoms with E-state index in [2.05, 4.69) is 69.1 Å². The van der Waals surface area contributed by atoms with Crippen molar-refractivity contribution in [2.24, 2.45) is 0 Å². The Labute approximate surface area is 98.2 Å². The third-order valence-corrected chi connectivity index (χ3v) is 3.35. The molecule has 0 radical (unpaired) electrons. The Bertz CT molecular complexity index is 411. The highest BCUT2D eigenvalue weighted by atomic mass is 15.4. The van der Waals surface area contributed by atoms with E-state index in [1.165, 1.54) is 22.4 Å². The van der Waals surface area contributed by atoms with Crippen molar-refractivity contribution in [1.29, 1.82) is 0 Å². The van der Waals surface area contributed by atoms with E-state index in [4.69, 9.17) is 0 Å². The van der Waals surface area contributed by atoms with Gasteiger partial charge < -0.3 is 9.80 Å². The van der Waals surface area contributed by atoms with Crippen LogP contribution in [0.2, 0.25) is 0 Å². The smallest absolute Gasteiger partial charge is 0.102 e. The molecule has 1 atom stereocenters. The number of aryl methyl sites for hydroxylation is 3. The van der Waals surface area contributed by atoms with Crippen molar-refractivity contribution in [2.75, 3.05) is 11.9 Å². The van der Waals surface area contributed by atoms with Crippen molar-refractivity contribution >= 4 is 5.69 Å². The lowest BCUT2D eigenvalue weighted by Crippen LogP contribution is -2.34. The Kier molecular flexibility index (Phi) is 2.66. The Morgan fingerprint density at radius 1 is 1.00 bits per heavy atom. The molecule has 0 saturated heterocycles. The van der Waals surface area contributed by atoms with Crippen LogP contribution in [-0.4, -0.2) is 18.1 Å². The van der Waals surface area contributed by atoms with Crippen molar-refractivity contribution in [3.8, 4) is 0 Å². The summed E-state index contributed by atoms with van der Waals surface area (Å²) in [5.74, 6) is 0. The summed E-state index contributed by atoms with van der Waals surface area (Å²) in [7, 11) is 2.11. The van der Waals surface area contributed by atoms with Gasteiger partial charge in [-0.15, -0.1) is 0 Å². The predicted molar refractivity (Wildman–Crippen MR) is 69.5 cm³/mol. The molecule has 1 aromatic rings. The highest BCUT2D eigenvalue weighted by Crippen LogP contribution is 2.31. The highest BCUT2D eigenvalue weighted by molar-refractivity contribution is 5.63. The van der Waals surface area contributed by atoms with E-state index in [1.54, 1.807) is 0 Å². The molecule has 0 aromatic heterocycles. The number of benzene rings is 1. The van der Waals surface area contributed by atoms with Gasteiger partial charge in [-0.05, 0) is 38.8 Å². The molecule has 1 aromatic carbocycles. The third kappa shape index (κ3) is 1.69. The van der Waals surface area contributed by atoms with E-state index in [9.17, 15) is 0 Å². The molecule has 16 heavy (non-hydrogen) atoms. The Morgan fingerprint density at radius 2 is 1.56 bits per heavy atom. The lowest BCUT2D eigenvalue weighted by Gasteiger charge is -2.29. The Hall–Kier alpha value is -1.44. The summed E-state index contributed by atoms with van der Waals surface area (Å²) in [6.07, 6.45) is 4.69. The van der Waals surface area contributed by atoms with E-state index in [0.29, 0.717) is 6.17 Å². The van der Waals surface area contributed by atoms with E-state index >= 15 is 0 Å². The molecule has 0 amide bonds. The standard InChI is InChI=1S/C14H20N2/c1-10-8-11(2)14(12(3)9-10)16-7-6-15(5)13(16)4/h6-9,13H,1-5H3. The topological polar surface area (TPSA) is 6.48 Å². The molecule has 0 saturated carbocycles. The second kappa shape index (κ2) is 3.85. The van der Waals surface area contributed by atoms with Crippen LogP contribution in [0.3, 0.4) is 0 Å². The molecule has 0 fully saturated rings. The zero-order chi connectivity index (χ0) is 11.9. The average molecular weight is 216 g/mol. The number of nitrogens with zero attached hydrogens (tertiary/aromatic N) is 2. The number of hydrogen-bond donors (Lipinski definition) is 0. The van der Waals surface area contributed by atoms with Gasteiger partial charge in [-0.25, -0.2) is 0 Å². The molecule has 0 aliphatic carbocycles. The van der Waals surface area contributed by atoms with Crippen LogP contribution >= 0.6 is 0 Å². The summed E-state index contributed by atoms with van der Waals surface area (Å²) in [6, 6.07) is 4.50. The Balaban J connectivity index is 2.45. The van der Waals surface area contributed by atoms with Crippen LogP contribution in [0.15, 0.2) is 24.5 Å². The zero-order valence-electron chi connectivity index (χ0n) is 10.8. The van der Waals surface area contributed by atoms with Gasteiger partial charge in [-0.1, -0.05) is 17.7 Å². The fourth-order valence-electron chi connectivity index (χ4n) is 2.46. The first-order chi connectivity index (χ1) is 7.50. The van der Waals surface area contributed by atoms with Crippen molar-refractivity contribution < 1.29 is 0 Å². The van der Waals surface area contributed by atoms with Crippen LogP contribution in [0.4, 0.5) is 5.69 Å². The van der Waals surface area contributed by atoms with Crippen molar-refractivity contribution in [3.05, 3.63) is 41.2 Å². The summed E-state index contributed by atoms with van der Waals surface area (Å²) in [5, 5.41) is 0. The molecular weight excluding hydrogens is 196 g/mol. The fourth-order valence-corrected chi connectivity index (χ4v) is 2.46. The summed E-state index contributed by atoms with van der Waals surface area (Å²) in [4.78, 5) is 4.56. The normalized spacial score (nSPS) is 19.7. The molecule has 0 N–H and O–H groups in total. The van der Waals surface area contributed by atoms with Crippen LogP contribution in [0, 0.1) is 20.8 Å². The summed E-state index contributed by atoms with van der Waals surface area (Å²) >= 11 is 0. The van der Waals surface area contributed by atoms with Gasteiger partial charge in [0.2, 0.25) is 0 Å². The number of anilines is 1.